The molecule has 0 saturated carbocycles. The number of hydrogen-bond donors (Lipinski definition) is 1. The predicted octanol–water partition coefficient (Wildman–Crippen LogP) is 2.63. The van der Waals surface area contributed by atoms with E-state index in [0.717, 1.165) is 25.3 Å². The van der Waals surface area contributed by atoms with Gasteiger partial charge >= 0.3 is 0 Å². The molecule has 2 nitrogen and oxygen atoms in total. The topological polar surface area (TPSA) is 21.3 Å². The molecule has 1 aromatic rings. The summed E-state index contributed by atoms with van der Waals surface area (Å²) in [5, 5.41) is 3.32. The third-order valence-corrected chi connectivity index (χ3v) is 2.36. The lowest BCUT2D eigenvalue weighted by atomic mass is 10.2. The van der Waals surface area contributed by atoms with Crippen LogP contribution in [0.15, 0.2) is 24.3 Å². The second kappa shape index (κ2) is 6.46. The van der Waals surface area contributed by atoms with Crippen LogP contribution in [0.1, 0.15) is 26.3 Å². The van der Waals surface area contributed by atoms with Crippen molar-refractivity contribution in [2.75, 3.05) is 13.2 Å². The van der Waals surface area contributed by atoms with Crippen LogP contribution in [0.2, 0.25) is 0 Å². The molecule has 0 heterocycles. The van der Waals surface area contributed by atoms with Crippen LogP contribution in [-0.2, 0) is 6.42 Å². The minimum absolute atomic E-state index is 0.403. The molecule has 1 unspecified atom stereocenters. The van der Waals surface area contributed by atoms with E-state index in [0.29, 0.717) is 6.04 Å². The van der Waals surface area contributed by atoms with Gasteiger partial charge in [0, 0.05) is 6.04 Å². The summed E-state index contributed by atoms with van der Waals surface area (Å²) >= 11 is 0. The second-order valence-corrected chi connectivity index (χ2v) is 3.77. The van der Waals surface area contributed by atoms with E-state index in [9.17, 15) is 0 Å². The highest BCUT2D eigenvalue weighted by Gasteiger charge is 2.01. The summed E-state index contributed by atoms with van der Waals surface area (Å²) in [5.41, 5.74) is 1.32. The van der Waals surface area contributed by atoms with E-state index in [1.165, 1.54) is 5.56 Å². The number of likely N-dealkylation sites (N-methyl/N-ethyl adjacent to an activating group) is 1. The van der Waals surface area contributed by atoms with Gasteiger partial charge in [-0.3, -0.25) is 0 Å². The van der Waals surface area contributed by atoms with Crippen molar-refractivity contribution in [2.24, 2.45) is 0 Å². The Balaban J connectivity index is 2.43. The van der Waals surface area contributed by atoms with Crippen LogP contribution in [0.5, 0.6) is 5.75 Å². The van der Waals surface area contributed by atoms with Crippen LogP contribution in [0, 0.1) is 0 Å². The van der Waals surface area contributed by atoms with Gasteiger partial charge in [-0.2, -0.15) is 0 Å². The maximum Gasteiger partial charge on any atom is 0.119 e. The van der Waals surface area contributed by atoms with Gasteiger partial charge < -0.3 is 10.1 Å². The summed E-state index contributed by atoms with van der Waals surface area (Å²) in [5.74, 6) is 0.971. The van der Waals surface area contributed by atoms with E-state index in [1.807, 2.05) is 12.1 Å². The van der Waals surface area contributed by atoms with Crippen molar-refractivity contribution >= 4 is 0 Å². The van der Waals surface area contributed by atoms with Crippen LogP contribution in [-0.4, -0.2) is 19.2 Å². The number of aryl methyl sites for hydroxylation is 1. The van der Waals surface area contributed by atoms with Gasteiger partial charge in [-0.25, -0.2) is 0 Å². The third-order valence-electron chi connectivity index (χ3n) is 2.36. The maximum atomic E-state index is 5.70. The van der Waals surface area contributed by atoms with Gasteiger partial charge in [0.1, 0.15) is 12.4 Å². The molecular formula is C13H21NO. The highest BCUT2D eigenvalue weighted by Crippen LogP contribution is 2.13. The van der Waals surface area contributed by atoms with Crippen LogP contribution in [0.4, 0.5) is 0 Å². The molecule has 1 rings (SSSR count). The minimum Gasteiger partial charge on any atom is -0.492 e. The van der Waals surface area contributed by atoms with E-state index in [2.05, 4.69) is 38.2 Å². The third kappa shape index (κ3) is 4.34. The second-order valence-electron chi connectivity index (χ2n) is 3.77. The van der Waals surface area contributed by atoms with Gasteiger partial charge in [-0.15, -0.1) is 0 Å². The minimum atomic E-state index is 0.403. The van der Waals surface area contributed by atoms with Crippen molar-refractivity contribution in [3.63, 3.8) is 0 Å². The van der Waals surface area contributed by atoms with Crippen LogP contribution >= 0.6 is 0 Å². The largest absolute Gasteiger partial charge is 0.492 e. The summed E-state index contributed by atoms with van der Waals surface area (Å²) in [6, 6.07) is 8.70. The predicted molar refractivity (Wildman–Crippen MR) is 64.5 cm³/mol. The first-order valence-corrected chi connectivity index (χ1v) is 5.71. The Kier molecular flexibility index (Phi) is 5.19. The van der Waals surface area contributed by atoms with Crippen LogP contribution < -0.4 is 10.1 Å². The van der Waals surface area contributed by atoms with E-state index < -0.39 is 0 Å². The van der Waals surface area contributed by atoms with Crippen molar-refractivity contribution in [2.45, 2.75) is 33.2 Å². The highest BCUT2D eigenvalue weighted by atomic mass is 16.5. The fourth-order valence-electron chi connectivity index (χ4n) is 1.48. The van der Waals surface area contributed by atoms with Gasteiger partial charge in [-0.05, 0) is 37.6 Å². The van der Waals surface area contributed by atoms with E-state index in [4.69, 9.17) is 4.74 Å². The molecule has 0 fully saturated rings. The van der Waals surface area contributed by atoms with Crippen molar-refractivity contribution in [3.05, 3.63) is 29.8 Å². The van der Waals surface area contributed by atoms with E-state index >= 15 is 0 Å². The number of ether oxygens (including phenoxy) is 1. The zero-order valence-corrected chi connectivity index (χ0v) is 9.92. The first-order valence-electron chi connectivity index (χ1n) is 5.71. The molecule has 84 valence electrons. The summed E-state index contributed by atoms with van der Waals surface area (Å²) in [6.45, 7) is 8.10. The smallest absolute Gasteiger partial charge is 0.119 e. The Bertz CT molecular complexity index is 286. The molecule has 0 saturated heterocycles. The Morgan fingerprint density at radius 1 is 1.33 bits per heavy atom. The fraction of sp³-hybridized carbons (Fsp3) is 0.538. The number of rotatable bonds is 6. The summed E-state index contributed by atoms with van der Waals surface area (Å²) < 4.78 is 5.70. The average molecular weight is 207 g/mol. The molecule has 0 aliphatic rings. The van der Waals surface area contributed by atoms with Crippen LogP contribution in [0.3, 0.4) is 0 Å². The van der Waals surface area contributed by atoms with Crippen LogP contribution in [0.25, 0.3) is 0 Å². The molecule has 0 aliphatic heterocycles. The molecule has 0 bridgehead atoms. The van der Waals surface area contributed by atoms with Crippen molar-refractivity contribution in [1.29, 1.82) is 0 Å². The Hall–Kier alpha value is -1.02. The molecule has 2 heteroatoms. The zero-order valence-electron chi connectivity index (χ0n) is 9.92. The monoisotopic (exact) mass is 207 g/mol. The number of nitrogens with one attached hydrogen (secondary N) is 1. The highest BCUT2D eigenvalue weighted by molar-refractivity contribution is 5.28. The van der Waals surface area contributed by atoms with Gasteiger partial charge in [0.25, 0.3) is 0 Å². The van der Waals surface area contributed by atoms with Gasteiger partial charge in [0.15, 0.2) is 0 Å². The van der Waals surface area contributed by atoms with Crippen molar-refractivity contribution < 1.29 is 4.74 Å². The first kappa shape index (κ1) is 12.1. The fourth-order valence-corrected chi connectivity index (χ4v) is 1.48. The quantitative estimate of drug-likeness (QED) is 0.774. The molecule has 0 radical (unpaired) electrons. The van der Waals surface area contributed by atoms with E-state index in [-0.39, 0.29) is 0 Å². The molecular weight excluding hydrogens is 186 g/mol. The van der Waals surface area contributed by atoms with Gasteiger partial charge in [0.2, 0.25) is 0 Å². The average Bonchev–Trinajstić information content (AvgIpc) is 2.27. The van der Waals surface area contributed by atoms with Gasteiger partial charge in [0.05, 0.1) is 0 Å². The Labute approximate surface area is 92.6 Å². The molecule has 15 heavy (non-hydrogen) atoms. The lowest BCUT2D eigenvalue weighted by Gasteiger charge is -2.14. The lowest BCUT2D eigenvalue weighted by molar-refractivity contribution is 0.275. The Morgan fingerprint density at radius 2 is 2.13 bits per heavy atom. The summed E-state index contributed by atoms with van der Waals surface area (Å²) in [4.78, 5) is 0. The van der Waals surface area contributed by atoms with E-state index in [1.54, 1.807) is 0 Å². The molecule has 0 aromatic heterocycles. The molecule has 1 atom stereocenters. The molecule has 0 aliphatic carbocycles. The van der Waals surface area contributed by atoms with Crippen molar-refractivity contribution in [3.8, 4) is 5.75 Å². The number of hydrogen-bond acceptors (Lipinski definition) is 2. The number of benzene rings is 1. The zero-order chi connectivity index (χ0) is 11.1. The maximum absolute atomic E-state index is 5.70. The first-order chi connectivity index (χ1) is 7.26. The lowest BCUT2D eigenvalue weighted by Crippen LogP contribution is -2.31. The molecule has 0 amide bonds. The standard InChI is InChI=1S/C13H21NO/c1-4-12-7-6-8-13(9-12)15-10-11(3)14-5-2/h6-9,11,14H,4-5,10H2,1-3H3. The molecule has 1 N–H and O–H groups in total. The molecule has 0 spiro atoms. The normalized spacial score (nSPS) is 12.5. The molecule has 1 aromatic carbocycles. The summed E-state index contributed by atoms with van der Waals surface area (Å²) in [7, 11) is 0. The Morgan fingerprint density at radius 3 is 2.80 bits per heavy atom. The van der Waals surface area contributed by atoms with Crippen molar-refractivity contribution in [1.82, 2.24) is 5.32 Å². The summed E-state index contributed by atoms with van der Waals surface area (Å²) in [6.07, 6.45) is 1.06. The SMILES string of the molecule is CCNC(C)COc1cccc(CC)c1. The van der Waals surface area contributed by atoms with Gasteiger partial charge in [-0.1, -0.05) is 26.0 Å².